The predicted octanol–water partition coefficient (Wildman–Crippen LogP) is 6.43. The third-order valence-corrected chi connectivity index (χ3v) is 9.07. The minimum Gasteiger partial charge on any atom is -0.462 e. The highest BCUT2D eigenvalue weighted by Gasteiger charge is 2.53. The van der Waals surface area contributed by atoms with E-state index in [2.05, 4.69) is 34.6 Å². The lowest BCUT2D eigenvalue weighted by Gasteiger charge is -2.48. The summed E-state index contributed by atoms with van der Waals surface area (Å²) in [6.07, 6.45) is 6.87. The summed E-state index contributed by atoms with van der Waals surface area (Å²) in [5.74, 6) is 0.912. The van der Waals surface area contributed by atoms with Crippen molar-refractivity contribution in [2.45, 2.75) is 56.6 Å². The highest BCUT2D eigenvalue weighted by atomic mass is 35.5. The molecule has 1 N–H and O–H groups in total. The van der Waals surface area contributed by atoms with Gasteiger partial charge in [-0.05, 0) is 67.9 Å². The number of halogens is 1. The molecule has 204 valence electrons. The number of fused-ring (bicyclic) bond motifs is 5. The van der Waals surface area contributed by atoms with E-state index < -0.39 is 11.6 Å². The van der Waals surface area contributed by atoms with Crippen LogP contribution in [0.25, 0.3) is 0 Å². The van der Waals surface area contributed by atoms with Gasteiger partial charge in [-0.25, -0.2) is 10.4 Å². The molecule has 40 heavy (non-hydrogen) atoms. The van der Waals surface area contributed by atoms with Gasteiger partial charge in [-0.2, -0.15) is 5.10 Å². The van der Waals surface area contributed by atoms with E-state index in [0.717, 1.165) is 79.2 Å². The van der Waals surface area contributed by atoms with Gasteiger partial charge in [0.15, 0.2) is 0 Å². The van der Waals surface area contributed by atoms with Gasteiger partial charge in [-0.1, -0.05) is 66.2 Å². The molecule has 7 heteroatoms. The molecule has 2 bridgehead atoms. The van der Waals surface area contributed by atoms with Crippen molar-refractivity contribution in [3.05, 3.63) is 100 Å². The number of para-hydroxylation sites is 1. The molecule has 0 unspecified atom stereocenters. The van der Waals surface area contributed by atoms with Crippen molar-refractivity contribution in [2.24, 2.45) is 16.0 Å². The number of carbonyl (C=O) groups is 1. The Morgan fingerprint density at radius 2 is 1.73 bits per heavy atom. The number of hydrogen-bond acceptors (Lipinski definition) is 5. The molecule has 1 amide bonds. The number of benzene rings is 3. The summed E-state index contributed by atoms with van der Waals surface area (Å²) < 4.78 is 6.74. The molecule has 3 atom stereocenters. The topological polar surface area (TPSA) is 66.3 Å². The molecule has 3 heterocycles. The Kier molecular flexibility index (Phi) is 6.59. The summed E-state index contributed by atoms with van der Waals surface area (Å²) in [5, 5.41) is 5.39. The Morgan fingerprint density at radius 3 is 2.58 bits per heavy atom. The number of piperidine rings is 1. The fourth-order valence-corrected chi connectivity index (χ4v) is 6.99. The summed E-state index contributed by atoms with van der Waals surface area (Å²) in [5.41, 5.74) is 7.47. The smallest absolute Gasteiger partial charge is 0.251 e. The van der Waals surface area contributed by atoms with Crippen LogP contribution in [0.1, 0.15) is 66.7 Å². The maximum absolute atomic E-state index is 14.2. The second-order valence-electron chi connectivity index (χ2n) is 11.3. The zero-order chi connectivity index (χ0) is 27.1. The number of carbonyl (C=O) groups excluding carboxylic acids is 1. The van der Waals surface area contributed by atoms with Gasteiger partial charge < -0.3 is 9.64 Å². The van der Waals surface area contributed by atoms with Crippen LogP contribution < -0.4 is 10.2 Å². The van der Waals surface area contributed by atoms with E-state index in [4.69, 9.17) is 26.4 Å². The zero-order valence-corrected chi connectivity index (χ0v) is 23.2. The number of ether oxygens (including phenoxy) is 1. The molecule has 3 aromatic carbocycles. The maximum Gasteiger partial charge on any atom is 0.251 e. The number of hydrazone groups is 1. The Balaban J connectivity index is 1.32. The van der Waals surface area contributed by atoms with Gasteiger partial charge in [0.2, 0.25) is 5.72 Å². The third-order valence-electron chi connectivity index (χ3n) is 8.82. The largest absolute Gasteiger partial charge is 0.462 e. The van der Waals surface area contributed by atoms with Crippen molar-refractivity contribution in [3.8, 4) is 5.75 Å². The van der Waals surface area contributed by atoms with Crippen molar-refractivity contribution in [1.29, 1.82) is 0 Å². The van der Waals surface area contributed by atoms with Crippen LogP contribution in [0.4, 0.5) is 0 Å². The number of nitrogens with zero attached hydrogens (tertiary/aromatic N) is 3. The van der Waals surface area contributed by atoms with Gasteiger partial charge in [0.05, 0.1) is 5.71 Å². The van der Waals surface area contributed by atoms with Gasteiger partial charge in [-0.3, -0.25) is 4.79 Å². The number of hydrogen-bond donors (Lipinski definition) is 1. The third kappa shape index (κ3) is 4.48. The second kappa shape index (κ2) is 10.4. The molecule has 0 saturated carbocycles. The quantitative estimate of drug-likeness (QED) is 0.381. The van der Waals surface area contributed by atoms with Crippen molar-refractivity contribution in [3.63, 3.8) is 0 Å². The maximum atomic E-state index is 14.2. The number of nitrogens with one attached hydrogen (secondary N) is 1. The lowest BCUT2D eigenvalue weighted by Crippen LogP contribution is -2.55. The van der Waals surface area contributed by atoms with Crippen LogP contribution >= 0.6 is 11.6 Å². The van der Waals surface area contributed by atoms with Crippen molar-refractivity contribution in [1.82, 2.24) is 10.3 Å². The van der Waals surface area contributed by atoms with Crippen LogP contribution in [0.15, 0.2) is 82.9 Å². The molecular weight excluding hydrogens is 520 g/mol. The molecule has 1 fully saturated rings. The van der Waals surface area contributed by atoms with E-state index in [0.29, 0.717) is 11.4 Å². The van der Waals surface area contributed by atoms with Gasteiger partial charge in [0.25, 0.3) is 5.91 Å². The van der Waals surface area contributed by atoms with Crippen LogP contribution in [-0.4, -0.2) is 35.4 Å². The van der Waals surface area contributed by atoms with Crippen molar-refractivity contribution < 1.29 is 9.53 Å². The average Bonchev–Trinajstić information content (AvgIpc) is 3.00. The highest BCUT2D eigenvalue weighted by Crippen LogP contribution is 2.53. The van der Waals surface area contributed by atoms with E-state index in [1.807, 2.05) is 48.5 Å². The Morgan fingerprint density at radius 1 is 0.950 bits per heavy atom. The van der Waals surface area contributed by atoms with Crippen LogP contribution in [0, 0.1) is 5.92 Å². The average molecular weight is 553 g/mol. The van der Waals surface area contributed by atoms with E-state index >= 15 is 0 Å². The number of aryl methyl sites for hydroxylation is 1. The normalized spacial score (nSPS) is 26.3. The SMILES string of the molecule is O=C(N/N=C1\CCCc2ccccc21)[C@@H]1C(N2CCCCC2)=N[C@]2(c3ccc(Cl)cc3)C[C@H]1c1ccccc1O2. The Labute approximate surface area is 240 Å². The van der Waals surface area contributed by atoms with Gasteiger partial charge in [-0.15, -0.1) is 0 Å². The predicted molar refractivity (Wildman–Crippen MR) is 158 cm³/mol. The van der Waals surface area contributed by atoms with E-state index in [1.165, 1.54) is 12.0 Å². The lowest BCUT2D eigenvalue weighted by molar-refractivity contribution is -0.125. The van der Waals surface area contributed by atoms with Gasteiger partial charge >= 0.3 is 0 Å². The number of amidine groups is 1. The standard InChI is InChI=1S/C33H33ClN4O2/c34-24-17-15-23(16-18-24)33-21-27(26-12-4-5-14-29(26)40-33)30(31(35-33)38-19-6-1-7-20-38)32(39)37-36-28-13-8-10-22-9-2-3-11-25(22)28/h2-5,9,11-12,14-18,27,30H,1,6-8,10,13,19-21H2,(H,37,39)/b36-28+/t27-,30-,33+/m0/s1. The number of aliphatic imine (C=N–C) groups is 1. The highest BCUT2D eigenvalue weighted by molar-refractivity contribution is 6.30. The first-order valence-corrected chi connectivity index (χ1v) is 14.8. The molecule has 3 aliphatic heterocycles. The first kappa shape index (κ1) is 25.3. The van der Waals surface area contributed by atoms with Crippen molar-refractivity contribution >= 4 is 29.1 Å². The molecule has 0 aromatic heterocycles. The minimum atomic E-state index is -0.915. The monoisotopic (exact) mass is 552 g/mol. The molecule has 6 nitrogen and oxygen atoms in total. The Bertz CT molecular complexity index is 1490. The van der Waals surface area contributed by atoms with Crippen LogP contribution in [0.2, 0.25) is 5.02 Å². The van der Waals surface area contributed by atoms with Crippen LogP contribution in [-0.2, 0) is 16.9 Å². The van der Waals surface area contributed by atoms with Crippen LogP contribution in [0.3, 0.4) is 0 Å². The first-order valence-electron chi connectivity index (χ1n) is 14.4. The molecule has 3 aromatic rings. The minimum absolute atomic E-state index is 0.103. The molecule has 1 saturated heterocycles. The first-order chi connectivity index (χ1) is 19.6. The second-order valence-corrected chi connectivity index (χ2v) is 11.7. The molecular formula is C33H33ClN4O2. The number of amides is 1. The molecule has 4 aliphatic rings. The number of likely N-dealkylation sites (tertiary alicyclic amines) is 1. The fraction of sp³-hybridized carbons (Fsp3) is 0.364. The lowest BCUT2D eigenvalue weighted by atomic mass is 9.72. The summed E-state index contributed by atoms with van der Waals surface area (Å²) in [6, 6.07) is 24.2. The van der Waals surface area contributed by atoms with E-state index in [9.17, 15) is 4.79 Å². The molecule has 0 spiro atoms. The van der Waals surface area contributed by atoms with Gasteiger partial charge in [0.1, 0.15) is 17.5 Å². The summed E-state index contributed by atoms with van der Waals surface area (Å²) in [4.78, 5) is 21.9. The van der Waals surface area contributed by atoms with Gasteiger partial charge in [0, 0.05) is 41.6 Å². The Hall–Kier alpha value is -3.64. The van der Waals surface area contributed by atoms with E-state index in [-0.39, 0.29) is 11.8 Å². The fourth-order valence-electron chi connectivity index (χ4n) is 6.86. The van der Waals surface area contributed by atoms with Crippen LogP contribution in [0.5, 0.6) is 5.75 Å². The molecule has 7 rings (SSSR count). The summed E-state index contributed by atoms with van der Waals surface area (Å²) in [7, 11) is 0. The zero-order valence-electron chi connectivity index (χ0n) is 22.5. The summed E-state index contributed by atoms with van der Waals surface area (Å²) in [6.45, 7) is 1.77. The van der Waals surface area contributed by atoms with Crippen molar-refractivity contribution in [2.75, 3.05) is 13.1 Å². The molecule has 1 aliphatic carbocycles. The van der Waals surface area contributed by atoms with E-state index in [1.54, 1.807) is 0 Å². The summed E-state index contributed by atoms with van der Waals surface area (Å²) >= 11 is 6.26. The number of rotatable bonds is 3. The molecule has 0 radical (unpaired) electrons.